The van der Waals surface area contributed by atoms with E-state index in [4.69, 9.17) is 4.74 Å². The molecular weight excluding hydrogens is 476 g/mol. The van der Waals surface area contributed by atoms with Crippen LogP contribution in [-0.2, 0) is 10.9 Å². The fourth-order valence-corrected chi connectivity index (χ4v) is 2.51. The van der Waals surface area contributed by atoms with Gasteiger partial charge in [0.1, 0.15) is 5.69 Å². The maximum absolute atomic E-state index is 12.6. The summed E-state index contributed by atoms with van der Waals surface area (Å²) in [6.07, 6.45) is -1.39. The van der Waals surface area contributed by atoms with Crippen molar-refractivity contribution in [2.45, 2.75) is 38.5 Å². The molecule has 0 saturated carbocycles. The van der Waals surface area contributed by atoms with Crippen LogP contribution in [0.15, 0.2) is 17.3 Å². The number of alkyl halides is 3. The van der Waals surface area contributed by atoms with E-state index in [1.54, 1.807) is 0 Å². The highest BCUT2D eigenvalue weighted by molar-refractivity contribution is 14.0. The molecular formula is C16H26F3IN6O. The molecule has 0 bridgehead atoms. The van der Waals surface area contributed by atoms with Gasteiger partial charge in [-0.15, -0.1) is 24.0 Å². The Labute approximate surface area is 174 Å². The molecule has 27 heavy (non-hydrogen) atoms. The Morgan fingerprint density at radius 1 is 1.33 bits per heavy atom. The summed E-state index contributed by atoms with van der Waals surface area (Å²) >= 11 is 0. The first-order valence-corrected chi connectivity index (χ1v) is 8.63. The quantitative estimate of drug-likeness (QED) is 0.230. The molecule has 1 aromatic rings. The zero-order valence-corrected chi connectivity index (χ0v) is 17.7. The summed E-state index contributed by atoms with van der Waals surface area (Å²) in [4.78, 5) is 11.8. The lowest BCUT2D eigenvalue weighted by Gasteiger charge is -2.21. The minimum absolute atomic E-state index is 0. The van der Waals surface area contributed by atoms with Gasteiger partial charge in [0.05, 0.1) is 12.1 Å². The van der Waals surface area contributed by atoms with Crippen molar-refractivity contribution in [3.8, 4) is 0 Å². The molecule has 3 N–H and O–H groups in total. The Balaban J connectivity index is 0.00000364. The van der Waals surface area contributed by atoms with Crippen LogP contribution in [0.25, 0.3) is 0 Å². The zero-order chi connectivity index (χ0) is 19.0. The second-order valence-electron chi connectivity index (χ2n) is 6.21. The molecule has 1 aromatic heterocycles. The third-order valence-corrected chi connectivity index (χ3v) is 3.86. The smallest absolute Gasteiger partial charge is 0.373 e. The Bertz CT molecular complexity index is 608. The van der Waals surface area contributed by atoms with Gasteiger partial charge >= 0.3 is 6.18 Å². The van der Waals surface area contributed by atoms with Crippen molar-refractivity contribution in [3.05, 3.63) is 18.0 Å². The first-order valence-electron chi connectivity index (χ1n) is 8.63. The molecule has 154 valence electrons. The monoisotopic (exact) mass is 502 g/mol. The first-order chi connectivity index (χ1) is 12.3. The summed E-state index contributed by atoms with van der Waals surface area (Å²) in [5.41, 5.74) is -1.20. The third-order valence-electron chi connectivity index (χ3n) is 3.86. The van der Waals surface area contributed by atoms with Crippen LogP contribution >= 0.6 is 24.0 Å². The number of ether oxygens (including phenoxy) is 1. The summed E-state index contributed by atoms with van der Waals surface area (Å²) in [6, 6.07) is 0.838. The number of hydrogen-bond acceptors (Lipinski definition) is 5. The molecule has 2 heterocycles. The minimum Gasteiger partial charge on any atom is -0.373 e. The Morgan fingerprint density at radius 2 is 2.11 bits per heavy atom. The number of aromatic nitrogens is 2. The average Bonchev–Trinajstić information content (AvgIpc) is 3.03. The Kier molecular flexibility index (Phi) is 9.50. The van der Waals surface area contributed by atoms with Crippen LogP contribution in [0.4, 0.5) is 19.1 Å². The van der Waals surface area contributed by atoms with Gasteiger partial charge in [-0.3, -0.25) is 4.99 Å². The van der Waals surface area contributed by atoms with Crippen molar-refractivity contribution in [1.29, 1.82) is 0 Å². The molecule has 0 spiro atoms. The van der Waals surface area contributed by atoms with Crippen molar-refractivity contribution in [3.63, 3.8) is 0 Å². The SMILES string of the molecule is CCNC(=NCC1(C)CCCO1)NCCNc1nccc(C(F)(F)F)n1.I. The summed E-state index contributed by atoms with van der Waals surface area (Å²) < 4.78 is 43.6. The molecule has 1 unspecified atom stereocenters. The Morgan fingerprint density at radius 3 is 2.74 bits per heavy atom. The van der Waals surface area contributed by atoms with E-state index in [1.165, 1.54) is 0 Å². The molecule has 1 saturated heterocycles. The molecule has 1 fully saturated rings. The average molecular weight is 502 g/mol. The van der Waals surface area contributed by atoms with E-state index in [1.807, 2.05) is 13.8 Å². The van der Waals surface area contributed by atoms with E-state index < -0.39 is 11.9 Å². The maximum atomic E-state index is 12.6. The number of halogens is 4. The largest absolute Gasteiger partial charge is 0.433 e. The van der Waals surface area contributed by atoms with E-state index in [2.05, 4.69) is 30.9 Å². The number of aliphatic imine (C=N–C) groups is 1. The first kappa shape index (κ1) is 23.7. The molecule has 0 aliphatic carbocycles. The fraction of sp³-hybridized carbons (Fsp3) is 0.688. The molecule has 1 atom stereocenters. The van der Waals surface area contributed by atoms with Crippen LogP contribution in [0, 0.1) is 0 Å². The summed E-state index contributed by atoms with van der Waals surface area (Å²) in [5, 5.41) is 9.01. The lowest BCUT2D eigenvalue weighted by molar-refractivity contribution is -0.141. The van der Waals surface area contributed by atoms with Gasteiger partial charge in [-0.05, 0) is 32.8 Å². The van der Waals surface area contributed by atoms with Gasteiger partial charge in [0.25, 0.3) is 0 Å². The summed E-state index contributed by atoms with van der Waals surface area (Å²) in [6.45, 7) is 6.80. The number of guanidine groups is 1. The number of hydrogen-bond donors (Lipinski definition) is 3. The van der Waals surface area contributed by atoms with Gasteiger partial charge < -0.3 is 20.7 Å². The van der Waals surface area contributed by atoms with Gasteiger partial charge in [0, 0.05) is 32.4 Å². The second kappa shape index (κ2) is 10.8. The van der Waals surface area contributed by atoms with E-state index in [0.29, 0.717) is 32.1 Å². The van der Waals surface area contributed by atoms with Crippen molar-refractivity contribution < 1.29 is 17.9 Å². The molecule has 0 radical (unpaired) electrons. The normalized spacial score (nSPS) is 20.1. The van der Waals surface area contributed by atoms with Gasteiger partial charge in [0.2, 0.25) is 5.95 Å². The summed E-state index contributed by atoms with van der Waals surface area (Å²) in [5.74, 6) is 0.575. The van der Waals surface area contributed by atoms with Gasteiger partial charge in [-0.25, -0.2) is 9.97 Å². The van der Waals surface area contributed by atoms with Crippen LogP contribution in [0.1, 0.15) is 32.4 Å². The molecule has 1 aliphatic rings. The lowest BCUT2D eigenvalue weighted by atomic mass is 10.0. The van der Waals surface area contributed by atoms with Crippen molar-refractivity contribution >= 4 is 35.9 Å². The molecule has 7 nitrogen and oxygen atoms in total. The van der Waals surface area contributed by atoms with Gasteiger partial charge in [-0.2, -0.15) is 13.2 Å². The van der Waals surface area contributed by atoms with Gasteiger partial charge in [-0.1, -0.05) is 0 Å². The Hall–Kier alpha value is -1.37. The van der Waals surface area contributed by atoms with Crippen molar-refractivity contribution in [1.82, 2.24) is 20.6 Å². The fourth-order valence-electron chi connectivity index (χ4n) is 2.51. The van der Waals surface area contributed by atoms with Gasteiger partial charge in [0.15, 0.2) is 5.96 Å². The predicted octanol–water partition coefficient (Wildman–Crippen LogP) is 2.65. The van der Waals surface area contributed by atoms with Crippen molar-refractivity contribution in [2.75, 3.05) is 38.1 Å². The van der Waals surface area contributed by atoms with E-state index in [9.17, 15) is 13.2 Å². The minimum atomic E-state index is -4.49. The van der Waals surface area contributed by atoms with Crippen LogP contribution < -0.4 is 16.0 Å². The number of nitrogens with zero attached hydrogens (tertiary/aromatic N) is 3. The number of anilines is 1. The zero-order valence-electron chi connectivity index (χ0n) is 15.4. The maximum Gasteiger partial charge on any atom is 0.433 e. The molecule has 2 rings (SSSR count). The standard InChI is InChI=1S/C16H25F3N6O.HI/c1-3-20-13(24-11-15(2)6-4-10-26-15)22-8-9-23-14-21-7-5-12(25-14)16(17,18)19;/h5,7H,3-4,6,8-11H2,1-2H3,(H2,20,22,24)(H,21,23,25);1H. The van der Waals surface area contributed by atoms with E-state index >= 15 is 0 Å². The number of rotatable bonds is 7. The molecule has 1 aliphatic heterocycles. The highest BCUT2D eigenvalue weighted by atomic mass is 127. The topological polar surface area (TPSA) is 83.5 Å². The second-order valence-corrected chi connectivity index (χ2v) is 6.21. The van der Waals surface area contributed by atoms with Crippen LogP contribution in [0.5, 0.6) is 0 Å². The highest BCUT2D eigenvalue weighted by Gasteiger charge is 2.32. The predicted molar refractivity (Wildman–Crippen MR) is 109 cm³/mol. The van der Waals surface area contributed by atoms with Crippen LogP contribution in [0.3, 0.4) is 0 Å². The highest BCUT2D eigenvalue weighted by Crippen LogP contribution is 2.27. The van der Waals surface area contributed by atoms with E-state index in [0.717, 1.165) is 31.7 Å². The lowest BCUT2D eigenvalue weighted by Crippen LogP contribution is -2.41. The summed E-state index contributed by atoms with van der Waals surface area (Å²) in [7, 11) is 0. The number of nitrogens with one attached hydrogen (secondary N) is 3. The molecule has 11 heteroatoms. The molecule has 0 amide bonds. The van der Waals surface area contributed by atoms with Crippen LogP contribution in [-0.4, -0.2) is 54.3 Å². The third kappa shape index (κ3) is 8.03. The van der Waals surface area contributed by atoms with Crippen LogP contribution in [0.2, 0.25) is 0 Å². The molecule has 0 aromatic carbocycles. The van der Waals surface area contributed by atoms with E-state index in [-0.39, 0.29) is 35.5 Å². The van der Waals surface area contributed by atoms with Crippen molar-refractivity contribution in [2.24, 2.45) is 4.99 Å².